The largest absolute Gasteiger partial charge is 0.378 e. The van der Waals surface area contributed by atoms with Gasteiger partial charge >= 0.3 is 0 Å². The van der Waals surface area contributed by atoms with E-state index in [-0.39, 0.29) is 5.69 Å². The monoisotopic (exact) mass is 368 g/mol. The van der Waals surface area contributed by atoms with Gasteiger partial charge in [0.1, 0.15) is 5.82 Å². The van der Waals surface area contributed by atoms with Crippen LogP contribution in [0.25, 0.3) is 0 Å². The first kappa shape index (κ1) is 18.3. The molecule has 0 aliphatic heterocycles. The Morgan fingerprint density at radius 1 is 0.926 bits per heavy atom. The molecule has 0 saturated heterocycles. The van der Waals surface area contributed by atoms with Gasteiger partial charge in [-0.1, -0.05) is 0 Å². The lowest BCUT2D eigenvalue weighted by Gasteiger charge is -2.13. The third-order valence-electron chi connectivity index (χ3n) is 3.86. The van der Waals surface area contributed by atoms with Gasteiger partial charge in [-0.2, -0.15) is 0 Å². The van der Waals surface area contributed by atoms with Gasteiger partial charge in [-0.15, -0.1) is 0 Å². The highest BCUT2D eigenvalue weighted by molar-refractivity contribution is 6.04. The number of pyridine rings is 1. The van der Waals surface area contributed by atoms with Crippen LogP contribution in [0.1, 0.15) is 10.4 Å². The first-order valence-electron chi connectivity index (χ1n) is 8.19. The maximum atomic E-state index is 13.3. The topological polar surface area (TPSA) is 57.3 Å². The molecule has 0 saturated carbocycles. The Kier molecular flexibility index (Phi) is 5.30. The molecule has 0 fully saturated rings. The highest BCUT2D eigenvalue weighted by Crippen LogP contribution is 2.20. The van der Waals surface area contributed by atoms with Gasteiger partial charge in [0.25, 0.3) is 5.91 Å². The second-order valence-corrected chi connectivity index (χ2v) is 6.08. The first-order valence-corrected chi connectivity index (χ1v) is 8.19. The lowest BCUT2D eigenvalue weighted by molar-refractivity contribution is 0.102. The van der Waals surface area contributed by atoms with Gasteiger partial charge in [0, 0.05) is 49.0 Å². The van der Waals surface area contributed by atoms with Gasteiger partial charge in [-0.3, -0.25) is 4.79 Å². The summed E-state index contributed by atoms with van der Waals surface area (Å²) in [5.41, 5.74) is 2.39. The smallest absolute Gasteiger partial charge is 0.255 e. The van der Waals surface area contributed by atoms with Crippen LogP contribution in [-0.2, 0) is 0 Å². The maximum Gasteiger partial charge on any atom is 0.255 e. The minimum absolute atomic E-state index is 0.171. The molecule has 0 atom stereocenters. The Labute approximate surface area is 155 Å². The van der Waals surface area contributed by atoms with Gasteiger partial charge in [0.15, 0.2) is 11.6 Å². The van der Waals surface area contributed by atoms with Crippen molar-refractivity contribution in [1.29, 1.82) is 0 Å². The van der Waals surface area contributed by atoms with E-state index >= 15 is 0 Å². The van der Waals surface area contributed by atoms with Crippen LogP contribution in [0.2, 0.25) is 0 Å². The molecule has 2 N–H and O–H groups in total. The van der Waals surface area contributed by atoms with Crippen LogP contribution in [0.3, 0.4) is 0 Å². The van der Waals surface area contributed by atoms with E-state index in [2.05, 4.69) is 15.6 Å². The van der Waals surface area contributed by atoms with Gasteiger partial charge in [0.05, 0.1) is 0 Å². The molecule has 0 unspecified atom stereocenters. The molecule has 0 spiro atoms. The molecule has 7 heteroatoms. The zero-order chi connectivity index (χ0) is 19.4. The van der Waals surface area contributed by atoms with E-state index in [0.717, 1.165) is 23.5 Å². The summed E-state index contributed by atoms with van der Waals surface area (Å²) in [6.45, 7) is 0. The van der Waals surface area contributed by atoms with Crippen molar-refractivity contribution in [1.82, 2.24) is 4.98 Å². The standard InChI is InChI=1S/C20H18F2N4O/c1-26(2)16-6-3-14(4-7-16)24-19-11-13(9-10-23-19)20(27)25-15-5-8-17(21)18(22)12-15/h3-12H,1-2H3,(H,23,24)(H,25,27). The van der Waals surface area contributed by atoms with Crippen molar-refractivity contribution in [2.45, 2.75) is 0 Å². The highest BCUT2D eigenvalue weighted by Gasteiger charge is 2.10. The lowest BCUT2D eigenvalue weighted by atomic mass is 10.2. The number of carbonyl (C=O) groups excluding carboxylic acids is 1. The number of halogens is 2. The van der Waals surface area contributed by atoms with Gasteiger partial charge in [-0.05, 0) is 48.5 Å². The third kappa shape index (κ3) is 4.58. The van der Waals surface area contributed by atoms with Crippen LogP contribution in [0.15, 0.2) is 60.8 Å². The number of nitrogens with one attached hydrogen (secondary N) is 2. The van der Waals surface area contributed by atoms with Crippen molar-refractivity contribution in [3.63, 3.8) is 0 Å². The molecule has 5 nitrogen and oxygen atoms in total. The molecule has 0 aliphatic rings. The van der Waals surface area contributed by atoms with Crippen LogP contribution in [0, 0.1) is 11.6 Å². The Morgan fingerprint density at radius 3 is 2.30 bits per heavy atom. The van der Waals surface area contributed by atoms with E-state index in [0.29, 0.717) is 11.4 Å². The fourth-order valence-corrected chi connectivity index (χ4v) is 2.41. The Bertz CT molecular complexity index is 958. The molecule has 1 heterocycles. The maximum absolute atomic E-state index is 13.3. The second kappa shape index (κ2) is 7.82. The molecule has 0 bridgehead atoms. The number of amides is 1. The average molecular weight is 368 g/mol. The number of hydrogen-bond acceptors (Lipinski definition) is 4. The molecule has 138 valence electrons. The van der Waals surface area contributed by atoms with E-state index in [1.165, 1.54) is 18.3 Å². The summed E-state index contributed by atoms with van der Waals surface area (Å²) in [6, 6.07) is 14.0. The molecule has 1 aromatic heterocycles. The summed E-state index contributed by atoms with van der Waals surface area (Å²) < 4.78 is 26.2. The summed E-state index contributed by atoms with van der Waals surface area (Å²) in [4.78, 5) is 18.5. The normalized spacial score (nSPS) is 10.4. The van der Waals surface area contributed by atoms with E-state index < -0.39 is 17.5 Å². The summed E-state index contributed by atoms with van der Waals surface area (Å²) in [7, 11) is 3.91. The minimum atomic E-state index is -1.02. The van der Waals surface area contributed by atoms with Gasteiger partial charge in [-0.25, -0.2) is 13.8 Å². The SMILES string of the molecule is CN(C)c1ccc(Nc2cc(C(=O)Nc3ccc(F)c(F)c3)ccn2)cc1. The Morgan fingerprint density at radius 2 is 1.63 bits per heavy atom. The first-order chi connectivity index (χ1) is 12.9. The van der Waals surface area contributed by atoms with Crippen molar-refractivity contribution >= 4 is 28.8 Å². The van der Waals surface area contributed by atoms with Crippen LogP contribution < -0.4 is 15.5 Å². The van der Waals surface area contributed by atoms with Crippen molar-refractivity contribution in [2.24, 2.45) is 0 Å². The minimum Gasteiger partial charge on any atom is -0.378 e. The van der Waals surface area contributed by atoms with Crippen molar-refractivity contribution < 1.29 is 13.6 Å². The van der Waals surface area contributed by atoms with E-state index in [1.54, 1.807) is 6.07 Å². The highest BCUT2D eigenvalue weighted by atomic mass is 19.2. The molecular formula is C20H18F2N4O. The fourth-order valence-electron chi connectivity index (χ4n) is 2.41. The van der Waals surface area contributed by atoms with Crippen LogP contribution in [-0.4, -0.2) is 25.0 Å². The van der Waals surface area contributed by atoms with Crippen molar-refractivity contribution in [3.05, 3.63) is 78.0 Å². The van der Waals surface area contributed by atoms with Crippen LogP contribution in [0.5, 0.6) is 0 Å². The molecule has 0 radical (unpaired) electrons. The summed E-state index contributed by atoms with van der Waals surface area (Å²) in [5, 5.41) is 5.66. The van der Waals surface area contributed by atoms with Gasteiger partial charge in [0.2, 0.25) is 0 Å². The Balaban J connectivity index is 1.72. The third-order valence-corrected chi connectivity index (χ3v) is 3.86. The number of hydrogen-bond donors (Lipinski definition) is 2. The van der Waals surface area contributed by atoms with Crippen LogP contribution >= 0.6 is 0 Å². The van der Waals surface area contributed by atoms with Crippen molar-refractivity contribution in [2.75, 3.05) is 29.6 Å². The molecule has 1 amide bonds. The van der Waals surface area contributed by atoms with Crippen molar-refractivity contribution in [3.8, 4) is 0 Å². The quantitative estimate of drug-likeness (QED) is 0.700. The molecular weight excluding hydrogens is 350 g/mol. The average Bonchev–Trinajstić information content (AvgIpc) is 2.65. The molecule has 3 rings (SSSR count). The zero-order valence-electron chi connectivity index (χ0n) is 14.8. The number of aromatic nitrogens is 1. The summed E-state index contributed by atoms with van der Waals surface area (Å²) >= 11 is 0. The molecule has 2 aromatic carbocycles. The lowest BCUT2D eigenvalue weighted by Crippen LogP contribution is -2.12. The van der Waals surface area contributed by atoms with E-state index in [4.69, 9.17) is 0 Å². The van der Waals surface area contributed by atoms with Gasteiger partial charge < -0.3 is 15.5 Å². The predicted octanol–water partition coefficient (Wildman–Crippen LogP) is 4.42. The van der Waals surface area contributed by atoms with E-state index in [9.17, 15) is 13.6 Å². The number of benzene rings is 2. The van der Waals surface area contributed by atoms with Crippen LogP contribution in [0.4, 0.5) is 31.7 Å². The number of carbonyl (C=O) groups is 1. The molecule has 0 aliphatic carbocycles. The number of nitrogens with zero attached hydrogens (tertiary/aromatic N) is 2. The second-order valence-electron chi connectivity index (χ2n) is 6.08. The fraction of sp³-hybridized carbons (Fsp3) is 0.100. The molecule has 3 aromatic rings. The number of anilines is 4. The predicted molar refractivity (Wildman–Crippen MR) is 103 cm³/mol. The Hall–Kier alpha value is -3.48. The molecule has 27 heavy (non-hydrogen) atoms. The van der Waals surface area contributed by atoms with E-state index in [1.807, 2.05) is 43.3 Å². The summed E-state index contributed by atoms with van der Waals surface area (Å²) in [5.74, 6) is -1.95. The summed E-state index contributed by atoms with van der Waals surface area (Å²) in [6.07, 6.45) is 1.50. The zero-order valence-corrected chi connectivity index (χ0v) is 14.8. The number of rotatable bonds is 5.